The fourth-order valence-corrected chi connectivity index (χ4v) is 1.89. The van der Waals surface area contributed by atoms with Gasteiger partial charge in [0.15, 0.2) is 0 Å². The van der Waals surface area contributed by atoms with Crippen molar-refractivity contribution in [3.63, 3.8) is 0 Å². The minimum Gasteiger partial charge on any atom is -0.265 e. The SMILES string of the molecule is CCC(C)(CCC(C)C)c1ccncc1. The van der Waals surface area contributed by atoms with Crippen molar-refractivity contribution in [2.45, 2.75) is 52.4 Å². The summed E-state index contributed by atoms with van der Waals surface area (Å²) in [5.74, 6) is 0.790. The number of pyridine rings is 1. The summed E-state index contributed by atoms with van der Waals surface area (Å²) in [5.41, 5.74) is 1.76. The Balaban J connectivity index is 2.76. The van der Waals surface area contributed by atoms with E-state index in [9.17, 15) is 0 Å². The van der Waals surface area contributed by atoms with Crippen molar-refractivity contribution in [2.75, 3.05) is 0 Å². The van der Waals surface area contributed by atoms with Crippen LogP contribution in [-0.4, -0.2) is 4.98 Å². The molecule has 1 heterocycles. The van der Waals surface area contributed by atoms with E-state index < -0.39 is 0 Å². The molecule has 0 spiro atoms. The number of hydrogen-bond acceptors (Lipinski definition) is 1. The van der Waals surface area contributed by atoms with Gasteiger partial charge in [0.1, 0.15) is 0 Å². The smallest absolute Gasteiger partial charge is 0.0270 e. The molecule has 0 fully saturated rings. The van der Waals surface area contributed by atoms with Gasteiger partial charge >= 0.3 is 0 Å². The Bertz CT molecular complexity index is 279. The van der Waals surface area contributed by atoms with Crippen LogP contribution in [0.4, 0.5) is 0 Å². The van der Waals surface area contributed by atoms with Crippen LogP contribution < -0.4 is 0 Å². The zero-order chi connectivity index (χ0) is 11.3. The summed E-state index contributed by atoms with van der Waals surface area (Å²) in [7, 11) is 0. The van der Waals surface area contributed by atoms with Gasteiger partial charge < -0.3 is 0 Å². The van der Waals surface area contributed by atoms with Gasteiger partial charge in [0.25, 0.3) is 0 Å². The summed E-state index contributed by atoms with van der Waals surface area (Å²) in [4.78, 5) is 4.09. The lowest BCUT2D eigenvalue weighted by molar-refractivity contribution is 0.373. The molecular weight excluding hydrogens is 182 g/mol. The van der Waals surface area contributed by atoms with E-state index in [0.717, 1.165) is 5.92 Å². The van der Waals surface area contributed by atoms with Gasteiger partial charge in [0.05, 0.1) is 0 Å². The van der Waals surface area contributed by atoms with Crippen molar-refractivity contribution in [1.82, 2.24) is 4.98 Å². The van der Waals surface area contributed by atoms with E-state index in [-0.39, 0.29) is 0 Å². The van der Waals surface area contributed by atoms with Crippen LogP contribution in [0.15, 0.2) is 24.5 Å². The summed E-state index contributed by atoms with van der Waals surface area (Å²) in [6.45, 7) is 9.23. The Morgan fingerprint density at radius 1 is 1.27 bits per heavy atom. The second-order valence-electron chi connectivity index (χ2n) is 5.08. The van der Waals surface area contributed by atoms with Crippen molar-refractivity contribution < 1.29 is 0 Å². The van der Waals surface area contributed by atoms with E-state index in [1.54, 1.807) is 0 Å². The monoisotopic (exact) mass is 205 g/mol. The Hall–Kier alpha value is -0.850. The predicted molar refractivity (Wildman–Crippen MR) is 66.0 cm³/mol. The van der Waals surface area contributed by atoms with Crippen LogP contribution in [-0.2, 0) is 5.41 Å². The van der Waals surface area contributed by atoms with E-state index >= 15 is 0 Å². The van der Waals surface area contributed by atoms with Gasteiger partial charge in [-0.1, -0.05) is 34.1 Å². The first-order valence-corrected chi connectivity index (χ1v) is 5.99. The van der Waals surface area contributed by atoms with Gasteiger partial charge in [-0.3, -0.25) is 4.98 Å². The minimum absolute atomic E-state index is 0.327. The summed E-state index contributed by atoms with van der Waals surface area (Å²) < 4.78 is 0. The first kappa shape index (κ1) is 12.2. The highest BCUT2D eigenvalue weighted by molar-refractivity contribution is 5.21. The molecule has 15 heavy (non-hydrogen) atoms. The van der Waals surface area contributed by atoms with Crippen LogP contribution in [0.25, 0.3) is 0 Å². The lowest BCUT2D eigenvalue weighted by Gasteiger charge is -2.29. The summed E-state index contributed by atoms with van der Waals surface area (Å²) >= 11 is 0. The Kier molecular flexibility index (Phi) is 4.31. The third-order valence-electron chi connectivity index (χ3n) is 3.43. The first-order chi connectivity index (χ1) is 7.08. The van der Waals surface area contributed by atoms with Gasteiger partial charge in [-0.05, 0) is 41.9 Å². The van der Waals surface area contributed by atoms with E-state index in [1.165, 1.54) is 24.8 Å². The van der Waals surface area contributed by atoms with E-state index in [0.29, 0.717) is 5.41 Å². The molecule has 0 N–H and O–H groups in total. The molecule has 84 valence electrons. The molecule has 0 aliphatic rings. The highest BCUT2D eigenvalue weighted by Gasteiger charge is 2.24. The van der Waals surface area contributed by atoms with Gasteiger partial charge in [-0.2, -0.15) is 0 Å². The van der Waals surface area contributed by atoms with Crippen LogP contribution in [0, 0.1) is 5.92 Å². The molecule has 1 heteroatoms. The summed E-state index contributed by atoms with van der Waals surface area (Å²) in [5, 5.41) is 0. The standard InChI is InChI=1S/C14H23N/c1-5-14(4,9-6-12(2)3)13-7-10-15-11-8-13/h7-8,10-12H,5-6,9H2,1-4H3. The largest absolute Gasteiger partial charge is 0.265 e. The molecule has 0 saturated heterocycles. The molecule has 0 bridgehead atoms. The second kappa shape index (κ2) is 5.29. The number of rotatable bonds is 5. The summed E-state index contributed by atoms with van der Waals surface area (Å²) in [6, 6.07) is 4.31. The maximum atomic E-state index is 4.09. The molecule has 1 aromatic rings. The highest BCUT2D eigenvalue weighted by Crippen LogP contribution is 2.33. The van der Waals surface area contributed by atoms with Gasteiger partial charge in [-0.15, -0.1) is 0 Å². The molecule has 0 aliphatic heterocycles. The Labute approximate surface area is 93.9 Å². The third kappa shape index (κ3) is 3.33. The van der Waals surface area contributed by atoms with E-state index in [2.05, 4.69) is 44.8 Å². The molecule has 1 rings (SSSR count). The normalized spacial score (nSPS) is 15.3. The van der Waals surface area contributed by atoms with Crippen LogP contribution >= 0.6 is 0 Å². The van der Waals surface area contributed by atoms with Crippen LogP contribution in [0.2, 0.25) is 0 Å². The zero-order valence-electron chi connectivity index (χ0n) is 10.5. The number of hydrogen-bond donors (Lipinski definition) is 0. The quantitative estimate of drug-likeness (QED) is 0.702. The fraction of sp³-hybridized carbons (Fsp3) is 0.643. The molecule has 0 saturated carbocycles. The fourth-order valence-electron chi connectivity index (χ4n) is 1.89. The average Bonchev–Trinajstić information content (AvgIpc) is 2.27. The molecular formula is C14H23N. The Morgan fingerprint density at radius 3 is 2.33 bits per heavy atom. The van der Waals surface area contributed by atoms with Gasteiger partial charge in [-0.25, -0.2) is 0 Å². The molecule has 0 aliphatic carbocycles. The van der Waals surface area contributed by atoms with E-state index in [4.69, 9.17) is 0 Å². The zero-order valence-corrected chi connectivity index (χ0v) is 10.5. The molecule has 0 aromatic carbocycles. The number of aromatic nitrogens is 1. The van der Waals surface area contributed by atoms with Crippen molar-refractivity contribution in [3.05, 3.63) is 30.1 Å². The average molecular weight is 205 g/mol. The van der Waals surface area contributed by atoms with Crippen molar-refractivity contribution >= 4 is 0 Å². The molecule has 0 amide bonds. The number of nitrogens with zero attached hydrogens (tertiary/aromatic N) is 1. The van der Waals surface area contributed by atoms with Crippen molar-refractivity contribution in [1.29, 1.82) is 0 Å². The summed E-state index contributed by atoms with van der Waals surface area (Å²) in [6.07, 6.45) is 7.57. The predicted octanol–water partition coefficient (Wildman–Crippen LogP) is 4.19. The lowest BCUT2D eigenvalue weighted by atomic mass is 9.75. The van der Waals surface area contributed by atoms with Gasteiger partial charge in [0, 0.05) is 12.4 Å². The van der Waals surface area contributed by atoms with E-state index in [1.807, 2.05) is 12.4 Å². The lowest BCUT2D eigenvalue weighted by Crippen LogP contribution is -2.21. The highest BCUT2D eigenvalue weighted by atomic mass is 14.6. The van der Waals surface area contributed by atoms with Gasteiger partial charge in [0.2, 0.25) is 0 Å². The maximum Gasteiger partial charge on any atom is 0.0270 e. The Morgan fingerprint density at radius 2 is 1.87 bits per heavy atom. The molecule has 1 nitrogen and oxygen atoms in total. The van der Waals surface area contributed by atoms with Crippen molar-refractivity contribution in [2.24, 2.45) is 5.92 Å². The van der Waals surface area contributed by atoms with Crippen LogP contribution in [0.3, 0.4) is 0 Å². The molecule has 0 radical (unpaired) electrons. The second-order valence-corrected chi connectivity index (χ2v) is 5.08. The first-order valence-electron chi connectivity index (χ1n) is 5.99. The maximum absolute atomic E-state index is 4.09. The molecule has 1 aromatic heterocycles. The van der Waals surface area contributed by atoms with Crippen LogP contribution in [0.5, 0.6) is 0 Å². The molecule has 1 unspecified atom stereocenters. The van der Waals surface area contributed by atoms with Crippen molar-refractivity contribution in [3.8, 4) is 0 Å². The molecule has 1 atom stereocenters. The van der Waals surface area contributed by atoms with Crippen LogP contribution in [0.1, 0.15) is 52.5 Å². The minimum atomic E-state index is 0.327. The third-order valence-corrected chi connectivity index (χ3v) is 3.43. The topological polar surface area (TPSA) is 12.9 Å².